The second-order valence-corrected chi connectivity index (χ2v) is 7.59. The highest BCUT2D eigenvalue weighted by atomic mass is 32.1. The van der Waals surface area contributed by atoms with Crippen LogP contribution in [0.2, 0.25) is 0 Å². The average molecular weight is 366 g/mol. The van der Waals surface area contributed by atoms with Crippen molar-refractivity contribution in [3.8, 4) is 11.1 Å². The Labute approximate surface area is 154 Å². The number of H-pyrrole nitrogens is 1. The number of benzene rings is 2. The Hall–Kier alpha value is -2.50. The number of halogens is 1. The lowest BCUT2D eigenvalue weighted by Gasteiger charge is -2.14. The van der Waals surface area contributed by atoms with Gasteiger partial charge in [0, 0.05) is 10.8 Å². The minimum atomic E-state index is -0.250. The second-order valence-electron chi connectivity index (χ2n) is 6.67. The van der Waals surface area contributed by atoms with E-state index in [1.54, 1.807) is 6.07 Å². The molecule has 2 aromatic heterocycles. The predicted molar refractivity (Wildman–Crippen MR) is 108 cm³/mol. The normalized spacial score (nSPS) is 12.8. The monoisotopic (exact) mass is 366 g/mol. The van der Waals surface area contributed by atoms with Crippen LogP contribution in [0.25, 0.3) is 32.1 Å². The van der Waals surface area contributed by atoms with Gasteiger partial charge in [-0.1, -0.05) is 31.2 Å². The summed E-state index contributed by atoms with van der Waals surface area (Å²) >= 11 is 1.42. The highest BCUT2D eigenvalue weighted by Gasteiger charge is 2.15. The number of hydrogen-bond donors (Lipinski definition) is 2. The van der Waals surface area contributed by atoms with E-state index in [-0.39, 0.29) is 17.3 Å². The van der Waals surface area contributed by atoms with Crippen molar-refractivity contribution in [1.29, 1.82) is 0 Å². The molecule has 26 heavy (non-hydrogen) atoms. The van der Waals surface area contributed by atoms with Gasteiger partial charge in [-0.05, 0) is 59.2 Å². The molecule has 0 aliphatic heterocycles. The first-order valence-corrected chi connectivity index (χ1v) is 9.42. The Morgan fingerprint density at radius 3 is 2.77 bits per heavy atom. The molecule has 4 aromatic rings. The number of fused-ring (bicyclic) bond motifs is 3. The number of aromatic amines is 1. The minimum Gasteiger partial charge on any atom is -0.330 e. The molecule has 0 amide bonds. The average Bonchev–Trinajstić information content (AvgIpc) is 3.12. The van der Waals surface area contributed by atoms with Crippen LogP contribution in [0.4, 0.5) is 4.39 Å². The molecule has 0 aliphatic carbocycles. The second kappa shape index (κ2) is 6.34. The summed E-state index contributed by atoms with van der Waals surface area (Å²) < 4.78 is 15.4. The van der Waals surface area contributed by atoms with Crippen molar-refractivity contribution in [2.75, 3.05) is 6.54 Å². The van der Waals surface area contributed by atoms with Gasteiger partial charge in [-0.3, -0.25) is 4.79 Å². The highest BCUT2D eigenvalue weighted by Crippen LogP contribution is 2.36. The van der Waals surface area contributed by atoms with E-state index in [0.29, 0.717) is 16.8 Å². The molecule has 132 valence electrons. The summed E-state index contributed by atoms with van der Waals surface area (Å²) in [4.78, 5) is 15.3. The Balaban J connectivity index is 2.04. The van der Waals surface area contributed by atoms with Gasteiger partial charge in [-0.2, -0.15) is 0 Å². The summed E-state index contributed by atoms with van der Waals surface area (Å²) in [5, 5.41) is 3.78. The molecule has 0 bridgehead atoms. The smallest absolute Gasteiger partial charge is 0.266 e. The van der Waals surface area contributed by atoms with Gasteiger partial charge >= 0.3 is 0 Å². The van der Waals surface area contributed by atoms with Crippen LogP contribution in [0.3, 0.4) is 0 Å². The zero-order chi connectivity index (χ0) is 18.4. The summed E-state index contributed by atoms with van der Waals surface area (Å²) in [5.74, 6) is -0.279. The number of nitrogens with two attached hydrogens (primary N) is 1. The molecule has 0 spiro atoms. The van der Waals surface area contributed by atoms with Crippen LogP contribution in [0, 0.1) is 12.7 Å². The number of rotatable bonds is 3. The van der Waals surface area contributed by atoms with Gasteiger partial charge in [0.1, 0.15) is 10.5 Å². The zero-order valence-electron chi connectivity index (χ0n) is 14.6. The number of hydrogen-bond acceptors (Lipinski definition) is 3. The predicted octanol–water partition coefficient (Wildman–Crippen LogP) is 4.92. The fourth-order valence-electron chi connectivity index (χ4n) is 3.46. The molecular formula is C21H19FN2OS. The molecule has 1 unspecified atom stereocenters. The molecule has 0 saturated heterocycles. The Kier molecular flexibility index (Phi) is 4.13. The van der Waals surface area contributed by atoms with E-state index >= 15 is 0 Å². The van der Waals surface area contributed by atoms with Crippen LogP contribution >= 0.6 is 11.3 Å². The molecule has 0 radical (unpaired) electrons. The molecule has 4 rings (SSSR count). The lowest BCUT2D eigenvalue weighted by Crippen LogP contribution is -2.10. The molecule has 2 aromatic carbocycles. The molecule has 5 heteroatoms. The summed E-state index contributed by atoms with van der Waals surface area (Å²) in [7, 11) is 0. The molecule has 2 heterocycles. The largest absolute Gasteiger partial charge is 0.330 e. The summed E-state index contributed by atoms with van der Waals surface area (Å²) in [6.45, 7) is 4.28. The van der Waals surface area contributed by atoms with Gasteiger partial charge in [0.05, 0.1) is 5.52 Å². The van der Waals surface area contributed by atoms with Crippen molar-refractivity contribution in [3.63, 3.8) is 0 Å². The van der Waals surface area contributed by atoms with Crippen molar-refractivity contribution in [2.45, 2.75) is 19.8 Å². The molecule has 0 fully saturated rings. The van der Waals surface area contributed by atoms with Crippen molar-refractivity contribution in [2.24, 2.45) is 5.73 Å². The standard InChI is InChI=1S/C21H19FN2OS/c1-11-3-5-15(13-4-6-14(12(2)10-23)17(22)9-13)18-16-7-8-26-20(16)21(25)24-19(11)18/h3-9,12H,10,23H2,1-2H3,(H,24,25). The maximum Gasteiger partial charge on any atom is 0.266 e. The number of pyridine rings is 1. The molecule has 0 aliphatic rings. The highest BCUT2D eigenvalue weighted by molar-refractivity contribution is 7.17. The Morgan fingerprint density at radius 1 is 1.23 bits per heavy atom. The van der Waals surface area contributed by atoms with E-state index in [4.69, 9.17) is 5.73 Å². The van der Waals surface area contributed by atoms with E-state index < -0.39 is 0 Å². The SMILES string of the molecule is Cc1ccc(-c2ccc(C(C)CN)c(F)c2)c2c1[nH]c(=O)c1sccc12. The fourth-order valence-corrected chi connectivity index (χ4v) is 4.26. The molecule has 3 nitrogen and oxygen atoms in total. The topological polar surface area (TPSA) is 58.9 Å². The lowest BCUT2D eigenvalue weighted by atomic mass is 9.93. The van der Waals surface area contributed by atoms with Crippen LogP contribution in [-0.4, -0.2) is 11.5 Å². The summed E-state index contributed by atoms with van der Waals surface area (Å²) in [6.07, 6.45) is 0. The number of nitrogens with one attached hydrogen (secondary N) is 1. The maximum atomic E-state index is 14.7. The van der Waals surface area contributed by atoms with Gasteiger partial charge < -0.3 is 10.7 Å². The van der Waals surface area contributed by atoms with E-state index in [1.165, 1.54) is 11.3 Å². The van der Waals surface area contributed by atoms with E-state index in [1.807, 2.05) is 49.6 Å². The van der Waals surface area contributed by atoms with Crippen LogP contribution in [-0.2, 0) is 0 Å². The molecule has 0 saturated carbocycles. The van der Waals surface area contributed by atoms with Crippen molar-refractivity contribution < 1.29 is 4.39 Å². The van der Waals surface area contributed by atoms with Crippen molar-refractivity contribution >= 4 is 32.3 Å². The van der Waals surface area contributed by atoms with Crippen LogP contribution in [0.15, 0.2) is 46.6 Å². The Morgan fingerprint density at radius 2 is 2.04 bits per heavy atom. The first-order chi connectivity index (χ1) is 12.5. The third kappa shape index (κ3) is 2.55. The number of thiophene rings is 1. The minimum absolute atomic E-state index is 0.0289. The third-order valence-electron chi connectivity index (χ3n) is 4.99. The van der Waals surface area contributed by atoms with E-state index in [0.717, 1.165) is 33.0 Å². The zero-order valence-corrected chi connectivity index (χ0v) is 15.4. The van der Waals surface area contributed by atoms with E-state index in [2.05, 4.69) is 4.98 Å². The van der Waals surface area contributed by atoms with Gasteiger partial charge in [0.15, 0.2) is 0 Å². The molecule has 3 N–H and O–H groups in total. The summed E-state index contributed by atoms with van der Waals surface area (Å²) in [6, 6.07) is 11.2. The van der Waals surface area contributed by atoms with E-state index in [9.17, 15) is 9.18 Å². The van der Waals surface area contributed by atoms with Crippen LogP contribution in [0.5, 0.6) is 0 Å². The third-order valence-corrected chi connectivity index (χ3v) is 5.90. The van der Waals surface area contributed by atoms with Gasteiger partial charge in [0.2, 0.25) is 0 Å². The van der Waals surface area contributed by atoms with Gasteiger partial charge in [-0.25, -0.2) is 4.39 Å². The molecular weight excluding hydrogens is 347 g/mol. The van der Waals surface area contributed by atoms with Crippen LogP contribution < -0.4 is 11.3 Å². The maximum absolute atomic E-state index is 14.7. The molecule has 1 atom stereocenters. The van der Waals surface area contributed by atoms with Crippen molar-refractivity contribution in [1.82, 2.24) is 4.98 Å². The van der Waals surface area contributed by atoms with Crippen LogP contribution in [0.1, 0.15) is 24.0 Å². The quantitative estimate of drug-likeness (QED) is 0.541. The van der Waals surface area contributed by atoms with Gasteiger partial charge in [-0.15, -0.1) is 11.3 Å². The number of aromatic nitrogens is 1. The Bertz CT molecular complexity index is 1190. The lowest BCUT2D eigenvalue weighted by molar-refractivity contribution is 0.591. The number of aryl methyl sites for hydroxylation is 1. The van der Waals surface area contributed by atoms with Gasteiger partial charge in [0.25, 0.3) is 5.56 Å². The fraction of sp³-hybridized carbons (Fsp3) is 0.190. The van der Waals surface area contributed by atoms with Crippen molar-refractivity contribution in [3.05, 3.63) is 69.1 Å². The summed E-state index contributed by atoms with van der Waals surface area (Å²) in [5.41, 5.74) is 9.72. The first kappa shape index (κ1) is 16.9. The first-order valence-electron chi connectivity index (χ1n) is 8.54.